The molecule has 3 aromatic rings. The van der Waals surface area contributed by atoms with E-state index in [1.807, 2.05) is 35.9 Å². The smallest absolute Gasteiger partial charge is 0.216 e. The van der Waals surface area contributed by atoms with Gasteiger partial charge in [-0.2, -0.15) is 0 Å². The highest BCUT2D eigenvalue weighted by Gasteiger charge is 2.20. The van der Waals surface area contributed by atoms with Gasteiger partial charge in [0.05, 0.1) is 25.9 Å². The SMILES string of the molecule is CCc1nccn1C(CCNC(C)=O)c1cc(C#Cc2ccc(OCC(CO)CO)cc2)on1. The number of aryl methyl sites for hydroxylation is 1. The van der Waals surface area contributed by atoms with Gasteiger partial charge in [0, 0.05) is 49.8 Å². The van der Waals surface area contributed by atoms with Gasteiger partial charge in [0.1, 0.15) is 17.3 Å². The summed E-state index contributed by atoms with van der Waals surface area (Å²) in [5.74, 6) is 7.65. The van der Waals surface area contributed by atoms with Crippen molar-refractivity contribution in [2.75, 3.05) is 26.4 Å². The van der Waals surface area contributed by atoms with Gasteiger partial charge in [-0.1, -0.05) is 18.0 Å². The van der Waals surface area contributed by atoms with Crippen LogP contribution in [0.25, 0.3) is 0 Å². The molecule has 0 aliphatic carbocycles. The maximum absolute atomic E-state index is 11.3. The monoisotopic (exact) mass is 466 g/mol. The zero-order chi connectivity index (χ0) is 24.3. The predicted octanol–water partition coefficient (Wildman–Crippen LogP) is 1.93. The van der Waals surface area contributed by atoms with E-state index >= 15 is 0 Å². The van der Waals surface area contributed by atoms with Gasteiger partial charge in [0.15, 0.2) is 0 Å². The summed E-state index contributed by atoms with van der Waals surface area (Å²) in [7, 11) is 0. The molecule has 0 aliphatic heterocycles. The topological polar surface area (TPSA) is 123 Å². The normalized spacial score (nSPS) is 11.7. The van der Waals surface area contributed by atoms with Crippen LogP contribution < -0.4 is 10.1 Å². The second-order valence-corrected chi connectivity index (χ2v) is 7.82. The molecule has 2 aromatic heterocycles. The molecule has 1 unspecified atom stereocenters. The van der Waals surface area contributed by atoms with Crippen LogP contribution in [0.4, 0.5) is 0 Å². The second-order valence-electron chi connectivity index (χ2n) is 7.82. The minimum atomic E-state index is -0.307. The van der Waals surface area contributed by atoms with Crippen molar-refractivity contribution in [3.05, 3.63) is 65.6 Å². The fraction of sp³-hybridized carbons (Fsp3) is 0.400. The quantitative estimate of drug-likeness (QED) is 0.369. The largest absolute Gasteiger partial charge is 0.493 e. The Morgan fingerprint density at radius 3 is 2.68 bits per heavy atom. The number of aliphatic hydroxyl groups excluding tert-OH is 2. The minimum Gasteiger partial charge on any atom is -0.493 e. The molecule has 0 saturated carbocycles. The number of nitrogens with zero attached hydrogens (tertiary/aromatic N) is 3. The van der Waals surface area contributed by atoms with Gasteiger partial charge in [-0.3, -0.25) is 4.79 Å². The number of hydrogen-bond donors (Lipinski definition) is 3. The Hall–Kier alpha value is -3.61. The third kappa shape index (κ3) is 6.94. The Morgan fingerprint density at radius 1 is 1.24 bits per heavy atom. The van der Waals surface area contributed by atoms with Gasteiger partial charge in [0.25, 0.3) is 0 Å². The van der Waals surface area contributed by atoms with Crippen LogP contribution in [0, 0.1) is 17.8 Å². The molecule has 0 saturated heterocycles. The zero-order valence-corrected chi connectivity index (χ0v) is 19.4. The van der Waals surface area contributed by atoms with Gasteiger partial charge < -0.3 is 29.4 Å². The first-order valence-corrected chi connectivity index (χ1v) is 11.2. The van der Waals surface area contributed by atoms with E-state index in [-0.39, 0.29) is 37.7 Å². The molecule has 2 heterocycles. The van der Waals surface area contributed by atoms with Crippen LogP contribution in [-0.2, 0) is 11.2 Å². The Labute approximate surface area is 198 Å². The molecular weight excluding hydrogens is 436 g/mol. The van der Waals surface area contributed by atoms with Gasteiger partial charge in [-0.25, -0.2) is 4.98 Å². The minimum absolute atomic E-state index is 0.0789. The van der Waals surface area contributed by atoms with Crippen LogP contribution in [0.2, 0.25) is 0 Å². The molecule has 180 valence electrons. The number of nitrogens with one attached hydrogen (secondary N) is 1. The van der Waals surface area contributed by atoms with E-state index in [2.05, 4.69) is 27.3 Å². The summed E-state index contributed by atoms with van der Waals surface area (Å²) in [6.45, 7) is 4.01. The lowest BCUT2D eigenvalue weighted by atomic mass is 10.1. The number of imidazole rings is 1. The molecule has 3 rings (SSSR count). The molecule has 0 spiro atoms. The Bertz CT molecular complexity index is 1110. The van der Waals surface area contributed by atoms with Crippen LogP contribution in [0.3, 0.4) is 0 Å². The maximum Gasteiger partial charge on any atom is 0.216 e. The van der Waals surface area contributed by atoms with Crippen molar-refractivity contribution in [3.8, 4) is 17.6 Å². The lowest BCUT2D eigenvalue weighted by molar-refractivity contribution is -0.118. The molecule has 9 nitrogen and oxygen atoms in total. The molecule has 0 radical (unpaired) electrons. The summed E-state index contributed by atoms with van der Waals surface area (Å²) in [6, 6.07) is 8.88. The number of carbonyl (C=O) groups is 1. The molecule has 0 aliphatic rings. The van der Waals surface area contributed by atoms with Crippen LogP contribution in [0.15, 0.2) is 47.2 Å². The standard InChI is InChI=1S/C25H30N4O5/c1-3-25-27-12-13-29(25)24(10-11-26-18(2)32)23-14-22(34-28-23)9-6-19-4-7-21(8-5-19)33-17-20(15-30)16-31/h4-5,7-8,12-14,20,24,30-31H,3,10-11,15-17H2,1-2H3,(H,26,32). The highest BCUT2D eigenvalue weighted by atomic mass is 16.5. The third-order valence-corrected chi connectivity index (χ3v) is 5.25. The van der Waals surface area contributed by atoms with Crippen molar-refractivity contribution in [2.45, 2.75) is 32.7 Å². The van der Waals surface area contributed by atoms with Gasteiger partial charge >= 0.3 is 0 Å². The van der Waals surface area contributed by atoms with Crippen molar-refractivity contribution in [1.82, 2.24) is 20.0 Å². The molecule has 1 aromatic carbocycles. The van der Waals surface area contributed by atoms with E-state index in [4.69, 9.17) is 19.5 Å². The molecule has 34 heavy (non-hydrogen) atoms. The number of carbonyl (C=O) groups excluding carboxylic acids is 1. The molecule has 9 heteroatoms. The van der Waals surface area contributed by atoms with Crippen molar-refractivity contribution in [2.24, 2.45) is 5.92 Å². The van der Waals surface area contributed by atoms with Crippen LogP contribution in [-0.4, -0.2) is 57.2 Å². The van der Waals surface area contributed by atoms with Crippen LogP contribution in [0.1, 0.15) is 49.2 Å². The summed E-state index contributed by atoms with van der Waals surface area (Å²) in [6.07, 6.45) is 5.07. The second kappa shape index (κ2) is 12.6. The zero-order valence-electron chi connectivity index (χ0n) is 19.4. The predicted molar refractivity (Wildman–Crippen MR) is 125 cm³/mol. The van der Waals surface area contributed by atoms with E-state index in [1.165, 1.54) is 6.92 Å². The first-order chi connectivity index (χ1) is 16.5. The number of amides is 1. The number of benzene rings is 1. The molecule has 1 atom stereocenters. The van der Waals surface area contributed by atoms with E-state index < -0.39 is 0 Å². The summed E-state index contributed by atoms with van der Waals surface area (Å²) in [5, 5.41) is 25.3. The average Bonchev–Trinajstić information content (AvgIpc) is 3.51. The Morgan fingerprint density at radius 2 is 2.00 bits per heavy atom. The van der Waals surface area contributed by atoms with Crippen molar-refractivity contribution >= 4 is 5.91 Å². The number of rotatable bonds is 11. The van der Waals surface area contributed by atoms with Gasteiger partial charge in [-0.15, -0.1) is 0 Å². The lowest BCUT2D eigenvalue weighted by Gasteiger charge is -2.18. The van der Waals surface area contributed by atoms with E-state index in [1.54, 1.807) is 18.3 Å². The highest BCUT2D eigenvalue weighted by Crippen LogP contribution is 2.23. The van der Waals surface area contributed by atoms with Gasteiger partial charge in [-0.05, 0) is 36.6 Å². The molecule has 0 fully saturated rings. The first kappa shape index (κ1) is 25.0. The Balaban J connectivity index is 1.70. The number of aromatic nitrogens is 3. The summed E-state index contributed by atoms with van der Waals surface area (Å²) >= 11 is 0. The van der Waals surface area contributed by atoms with E-state index in [0.29, 0.717) is 30.2 Å². The fourth-order valence-corrected chi connectivity index (χ4v) is 3.37. The molecule has 3 N–H and O–H groups in total. The van der Waals surface area contributed by atoms with Crippen LogP contribution >= 0.6 is 0 Å². The van der Waals surface area contributed by atoms with Gasteiger partial charge in [0.2, 0.25) is 11.7 Å². The van der Waals surface area contributed by atoms with Crippen LogP contribution in [0.5, 0.6) is 5.75 Å². The van der Waals surface area contributed by atoms with Crippen molar-refractivity contribution in [3.63, 3.8) is 0 Å². The summed E-state index contributed by atoms with van der Waals surface area (Å²) in [4.78, 5) is 15.7. The summed E-state index contributed by atoms with van der Waals surface area (Å²) < 4.78 is 13.1. The number of ether oxygens (including phenoxy) is 1. The number of aliphatic hydroxyl groups is 2. The third-order valence-electron chi connectivity index (χ3n) is 5.25. The maximum atomic E-state index is 11.3. The highest BCUT2D eigenvalue weighted by molar-refractivity contribution is 5.72. The number of hydrogen-bond acceptors (Lipinski definition) is 7. The summed E-state index contributed by atoms with van der Waals surface area (Å²) in [5.41, 5.74) is 1.49. The molecular formula is C25H30N4O5. The van der Waals surface area contributed by atoms with E-state index in [0.717, 1.165) is 17.8 Å². The first-order valence-electron chi connectivity index (χ1n) is 11.2. The average molecular weight is 467 g/mol. The van der Waals surface area contributed by atoms with Crippen molar-refractivity contribution < 1.29 is 24.3 Å². The van der Waals surface area contributed by atoms with Crippen molar-refractivity contribution in [1.29, 1.82) is 0 Å². The lowest BCUT2D eigenvalue weighted by Crippen LogP contribution is -2.25. The van der Waals surface area contributed by atoms with E-state index in [9.17, 15) is 4.79 Å². The Kier molecular flexibility index (Phi) is 9.26. The fourth-order valence-electron chi connectivity index (χ4n) is 3.37. The molecule has 1 amide bonds. The molecule has 0 bridgehead atoms.